The Morgan fingerprint density at radius 3 is 2.73 bits per heavy atom. The molecule has 2 aromatic rings. The number of hydrogen-bond acceptors (Lipinski definition) is 4. The van der Waals surface area contributed by atoms with Crippen LogP contribution in [0.2, 0.25) is 5.02 Å². The fourth-order valence-corrected chi connectivity index (χ4v) is 4.34. The van der Waals surface area contributed by atoms with Gasteiger partial charge in [0.1, 0.15) is 5.54 Å². The number of hydrogen-bond donors (Lipinski definition) is 2. The molecule has 0 atom stereocenters. The Kier molecular flexibility index (Phi) is 3.44. The van der Waals surface area contributed by atoms with E-state index < -0.39 is 5.54 Å². The molecule has 2 aliphatic heterocycles. The number of benzene rings is 1. The molecule has 26 heavy (non-hydrogen) atoms. The van der Waals surface area contributed by atoms with Gasteiger partial charge in [-0.3, -0.25) is 14.8 Å². The van der Waals surface area contributed by atoms with Gasteiger partial charge >= 0.3 is 6.03 Å². The SMILES string of the molecule is O=C1NC2(CCN(c3cc(Cl)cc4[nH]ncc34)CC2)C(=O)N1CC1CC1. The lowest BCUT2D eigenvalue weighted by molar-refractivity contribution is -0.132. The van der Waals surface area contributed by atoms with Crippen LogP contribution in [-0.2, 0) is 4.79 Å². The first-order chi connectivity index (χ1) is 12.6. The molecule has 1 saturated carbocycles. The van der Waals surface area contributed by atoms with Crippen molar-refractivity contribution in [2.24, 2.45) is 5.92 Å². The molecule has 3 fully saturated rings. The lowest BCUT2D eigenvalue weighted by Crippen LogP contribution is -2.55. The number of nitrogens with one attached hydrogen (secondary N) is 2. The van der Waals surface area contributed by atoms with Crippen molar-refractivity contribution >= 4 is 40.1 Å². The van der Waals surface area contributed by atoms with E-state index in [1.54, 1.807) is 6.20 Å². The zero-order chi connectivity index (χ0) is 17.9. The number of halogens is 1. The first-order valence-electron chi connectivity index (χ1n) is 9.07. The van der Waals surface area contributed by atoms with Crippen molar-refractivity contribution in [3.8, 4) is 0 Å². The maximum atomic E-state index is 12.9. The van der Waals surface area contributed by atoms with Crippen LogP contribution >= 0.6 is 11.6 Å². The van der Waals surface area contributed by atoms with Crippen LogP contribution < -0.4 is 10.2 Å². The summed E-state index contributed by atoms with van der Waals surface area (Å²) in [5.74, 6) is 0.453. The molecule has 7 nitrogen and oxygen atoms in total. The van der Waals surface area contributed by atoms with E-state index in [2.05, 4.69) is 20.4 Å². The van der Waals surface area contributed by atoms with Crippen molar-refractivity contribution in [3.63, 3.8) is 0 Å². The van der Waals surface area contributed by atoms with Gasteiger partial charge in [-0.25, -0.2) is 4.79 Å². The van der Waals surface area contributed by atoms with Crippen molar-refractivity contribution in [1.82, 2.24) is 20.4 Å². The van der Waals surface area contributed by atoms with Gasteiger partial charge in [0.25, 0.3) is 5.91 Å². The maximum Gasteiger partial charge on any atom is 0.325 e. The van der Waals surface area contributed by atoms with Gasteiger partial charge in [0, 0.05) is 35.7 Å². The van der Waals surface area contributed by atoms with E-state index in [4.69, 9.17) is 11.6 Å². The molecule has 136 valence electrons. The second-order valence-corrected chi connectivity index (χ2v) is 8.05. The highest BCUT2D eigenvalue weighted by Crippen LogP contribution is 2.37. The van der Waals surface area contributed by atoms with Crippen molar-refractivity contribution in [2.75, 3.05) is 24.5 Å². The second kappa shape index (κ2) is 5.61. The number of nitrogens with zero attached hydrogens (tertiary/aromatic N) is 3. The van der Waals surface area contributed by atoms with Crippen molar-refractivity contribution in [1.29, 1.82) is 0 Å². The van der Waals surface area contributed by atoms with Crippen molar-refractivity contribution in [2.45, 2.75) is 31.2 Å². The van der Waals surface area contributed by atoms with Crippen molar-refractivity contribution in [3.05, 3.63) is 23.4 Å². The molecule has 1 aliphatic carbocycles. The molecule has 2 saturated heterocycles. The van der Waals surface area contributed by atoms with Crippen LogP contribution in [0.4, 0.5) is 10.5 Å². The molecule has 5 rings (SSSR count). The Morgan fingerprint density at radius 1 is 1.23 bits per heavy atom. The third-order valence-corrected chi connectivity index (χ3v) is 6.06. The number of H-pyrrole nitrogens is 1. The van der Waals surface area contributed by atoms with Gasteiger partial charge in [0.15, 0.2) is 0 Å². The first kappa shape index (κ1) is 15.9. The number of carbonyl (C=O) groups excluding carboxylic acids is 2. The summed E-state index contributed by atoms with van der Waals surface area (Å²) < 4.78 is 0. The number of imide groups is 1. The summed E-state index contributed by atoms with van der Waals surface area (Å²) in [7, 11) is 0. The van der Waals surface area contributed by atoms with E-state index in [0.717, 1.165) is 29.4 Å². The van der Waals surface area contributed by atoms with Crippen LogP contribution in [0, 0.1) is 5.92 Å². The fourth-order valence-electron chi connectivity index (χ4n) is 4.13. The number of anilines is 1. The minimum absolute atomic E-state index is 0.0476. The smallest absolute Gasteiger partial charge is 0.325 e. The van der Waals surface area contributed by atoms with Gasteiger partial charge in [-0.05, 0) is 43.7 Å². The highest BCUT2D eigenvalue weighted by Gasteiger charge is 2.53. The lowest BCUT2D eigenvalue weighted by atomic mass is 9.87. The summed E-state index contributed by atoms with van der Waals surface area (Å²) >= 11 is 6.24. The topological polar surface area (TPSA) is 81.3 Å². The van der Waals surface area contributed by atoms with Gasteiger partial charge in [-0.1, -0.05) is 11.6 Å². The second-order valence-electron chi connectivity index (χ2n) is 7.61. The van der Waals surface area contributed by atoms with E-state index in [9.17, 15) is 9.59 Å². The number of amides is 3. The fraction of sp³-hybridized carbons (Fsp3) is 0.500. The summed E-state index contributed by atoms with van der Waals surface area (Å²) in [6.45, 7) is 1.94. The van der Waals surface area contributed by atoms with E-state index in [1.807, 2.05) is 12.1 Å². The van der Waals surface area contributed by atoms with Crippen LogP contribution in [0.1, 0.15) is 25.7 Å². The lowest BCUT2D eigenvalue weighted by Gasteiger charge is -2.38. The highest BCUT2D eigenvalue weighted by molar-refractivity contribution is 6.31. The van der Waals surface area contributed by atoms with Crippen molar-refractivity contribution < 1.29 is 9.59 Å². The van der Waals surface area contributed by atoms with E-state index in [-0.39, 0.29) is 11.9 Å². The van der Waals surface area contributed by atoms with E-state index in [1.165, 1.54) is 4.90 Å². The average Bonchev–Trinajstić information content (AvgIpc) is 3.28. The van der Waals surface area contributed by atoms with Crippen LogP contribution in [-0.4, -0.2) is 52.2 Å². The maximum absolute atomic E-state index is 12.9. The predicted octanol–water partition coefficient (Wildman–Crippen LogP) is 2.52. The molecule has 0 unspecified atom stereocenters. The van der Waals surface area contributed by atoms with E-state index >= 15 is 0 Å². The third kappa shape index (κ3) is 2.45. The number of aromatic nitrogens is 2. The number of piperidine rings is 1. The molecule has 1 aromatic carbocycles. The molecular formula is C18H20ClN5O2. The number of carbonyl (C=O) groups is 2. The first-order valence-corrected chi connectivity index (χ1v) is 9.45. The normalized spacial score (nSPS) is 22.5. The van der Waals surface area contributed by atoms with Gasteiger partial charge in [-0.2, -0.15) is 5.10 Å². The third-order valence-electron chi connectivity index (χ3n) is 5.84. The Hall–Kier alpha value is -2.28. The van der Waals surface area contributed by atoms with Crippen LogP contribution in [0.25, 0.3) is 10.9 Å². The summed E-state index contributed by atoms with van der Waals surface area (Å²) in [6.07, 6.45) is 5.24. The number of aromatic amines is 1. The average molecular weight is 374 g/mol. The molecule has 3 heterocycles. The molecule has 3 aliphatic rings. The van der Waals surface area contributed by atoms with Gasteiger partial charge in [0.05, 0.1) is 11.7 Å². The number of fused-ring (bicyclic) bond motifs is 1. The Balaban J connectivity index is 1.36. The highest BCUT2D eigenvalue weighted by atomic mass is 35.5. The molecule has 3 amide bonds. The monoisotopic (exact) mass is 373 g/mol. The zero-order valence-corrected chi connectivity index (χ0v) is 15.1. The Labute approximate surface area is 155 Å². The molecule has 1 aromatic heterocycles. The predicted molar refractivity (Wildman–Crippen MR) is 98.3 cm³/mol. The minimum Gasteiger partial charge on any atom is -0.371 e. The van der Waals surface area contributed by atoms with Gasteiger partial charge < -0.3 is 10.2 Å². The summed E-state index contributed by atoms with van der Waals surface area (Å²) in [6, 6.07) is 3.57. The molecule has 2 N–H and O–H groups in total. The standard InChI is InChI=1S/C18H20ClN5O2/c19-12-7-14-13(9-20-22-14)15(8-12)23-5-3-18(4-6-23)16(25)24(17(26)21-18)10-11-1-2-11/h7-9,11H,1-6,10H2,(H,20,22)(H,21,26). The Bertz CT molecular complexity index is 898. The Morgan fingerprint density at radius 2 is 2.00 bits per heavy atom. The number of rotatable bonds is 3. The zero-order valence-electron chi connectivity index (χ0n) is 14.3. The van der Waals surface area contributed by atoms with Gasteiger partial charge in [-0.15, -0.1) is 0 Å². The quantitative estimate of drug-likeness (QED) is 0.810. The van der Waals surface area contributed by atoms with Crippen LogP contribution in [0.5, 0.6) is 0 Å². The van der Waals surface area contributed by atoms with Gasteiger partial charge in [0.2, 0.25) is 0 Å². The largest absolute Gasteiger partial charge is 0.371 e. The summed E-state index contributed by atoms with van der Waals surface area (Å²) in [5, 5.41) is 11.7. The molecule has 0 radical (unpaired) electrons. The van der Waals surface area contributed by atoms with Crippen LogP contribution in [0.15, 0.2) is 18.3 Å². The molecule has 8 heteroatoms. The molecule has 1 spiro atoms. The van der Waals surface area contributed by atoms with Crippen LogP contribution in [0.3, 0.4) is 0 Å². The summed E-state index contributed by atoms with van der Waals surface area (Å²) in [4.78, 5) is 28.9. The molecule has 0 bridgehead atoms. The minimum atomic E-state index is -0.740. The summed E-state index contributed by atoms with van der Waals surface area (Å²) in [5.41, 5.74) is 1.17. The molecular weight excluding hydrogens is 354 g/mol. The number of urea groups is 1. The van der Waals surface area contributed by atoms with E-state index in [0.29, 0.717) is 43.4 Å².